The maximum Gasteiger partial charge on any atom is 0.270 e. The Morgan fingerprint density at radius 1 is 1.15 bits per heavy atom. The molecule has 0 spiro atoms. The first-order valence-electron chi connectivity index (χ1n) is 8.41. The SMILES string of the molecule is CCCNC(=O)c1cc(-c2ccc(OC)cc2)nn1-c1ccc(F)cc1. The zero-order valence-corrected chi connectivity index (χ0v) is 14.7. The maximum absolute atomic E-state index is 13.2. The predicted molar refractivity (Wildman–Crippen MR) is 98.1 cm³/mol. The minimum absolute atomic E-state index is 0.219. The molecular formula is C20H20FN3O2. The van der Waals surface area contributed by atoms with E-state index in [1.54, 1.807) is 25.3 Å². The van der Waals surface area contributed by atoms with Gasteiger partial charge in [0.15, 0.2) is 0 Å². The fourth-order valence-corrected chi connectivity index (χ4v) is 2.55. The van der Waals surface area contributed by atoms with Crippen LogP contribution in [0.2, 0.25) is 0 Å². The van der Waals surface area contributed by atoms with E-state index >= 15 is 0 Å². The largest absolute Gasteiger partial charge is 0.497 e. The highest BCUT2D eigenvalue weighted by molar-refractivity contribution is 5.94. The number of carbonyl (C=O) groups is 1. The van der Waals surface area contributed by atoms with Gasteiger partial charge >= 0.3 is 0 Å². The van der Waals surface area contributed by atoms with Gasteiger partial charge in [0.05, 0.1) is 18.5 Å². The molecule has 0 atom stereocenters. The van der Waals surface area contributed by atoms with Gasteiger partial charge in [-0.05, 0) is 61.0 Å². The third kappa shape index (κ3) is 3.74. The second-order valence-electron chi connectivity index (χ2n) is 5.79. The molecule has 1 amide bonds. The van der Waals surface area contributed by atoms with Crippen LogP contribution in [-0.4, -0.2) is 29.3 Å². The summed E-state index contributed by atoms with van der Waals surface area (Å²) in [6.07, 6.45) is 0.835. The molecule has 2 aromatic carbocycles. The zero-order valence-electron chi connectivity index (χ0n) is 14.7. The molecule has 1 heterocycles. The van der Waals surface area contributed by atoms with Crippen LogP contribution in [-0.2, 0) is 0 Å². The minimum atomic E-state index is -0.340. The van der Waals surface area contributed by atoms with Crippen LogP contribution < -0.4 is 10.1 Å². The first-order valence-corrected chi connectivity index (χ1v) is 8.41. The first kappa shape index (κ1) is 17.7. The third-order valence-electron chi connectivity index (χ3n) is 3.93. The third-order valence-corrected chi connectivity index (χ3v) is 3.93. The Morgan fingerprint density at radius 3 is 2.46 bits per heavy atom. The van der Waals surface area contributed by atoms with Crippen LogP contribution in [0.15, 0.2) is 54.6 Å². The number of hydrogen-bond donors (Lipinski definition) is 1. The lowest BCUT2D eigenvalue weighted by Crippen LogP contribution is -2.26. The van der Waals surface area contributed by atoms with Crippen molar-refractivity contribution in [1.82, 2.24) is 15.1 Å². The molecule has 26 heavy (non-hydrogen) atoms. The van der Waals surface area contributed by atoms with Crippen molar-refractivity contribution in [3.05, 3.63) is 66.1 Å². The van der Waals surface area contributed by atoms with Crippen molar-refractivity contribution in [3.8, 4) is 22.7 Å². The molecule has 3 rings (SSSR count). The number of carbonyl (C=O) groups excluding carboxylic acids is 1. The molecular weight excluding hydrogens is 333 g/mol. The van der Waals surface area contributed by atoms with Crippen molar-refractivity contribution >= 4 is 5.91 Å². The summed E-state index contributed by atoms with van der Waals surface area (Å²) in [7, 11) is 1.61. The molecule has 3 aromatic rings. The second kappa shape index (κ2) is 7.82. The summed E-state index contributed by atoms with van der Waals surface area (Å²) in [5.41, 5.74) is 2.53. The van der Waals surface area contributed by atoms with E-state index in [1.807, 2.05) is 31.2 Å². The molecule has 0 aliphatic heterocycles. The maximum atomic E-state index is 13.2. The van der Waals surface area contributed by atoms with Gasteiger partial charge in [0.1, 0.15) is 17.3 Å². The van der Waals surface area contributed by atoms with Gasteiger partial charge in [0, 0.05) is 12.1 Å². The molecule has 1 N–H and O–H groups in total. The number of halogens is 1. The van der Waals surface area contributed by atoms with E-state index < -0.39 is 0 Å². The Balaban J connectivity index is 2.03. The normalized spacial score (nSPS) is 10.6. The topological polar surface area (TPSA) is 56.1 Å². The van der Waals surface area contributed by atoms with Crippen LogP contribution in [0.3, 0.4) is 0 Å². The summed E-state index contributed by atoms with van der Waals surface area (Å²) >= 11 is 0. The van der Waals surface area contributed by atoms with E-state index in [-0.39, 0.29) is 11.7 Å². The lowest BCUT2D eigenvalue weighted by molar-refractivity contribution is 0.0946. The van der Waals surface area contributed by atoms with Crippen molar-refractivity contribution in [2.45, 2.75) is 13.3 Å². The Bertz CT molecular complexity index is 886. The molecule has 0 unspecified atom stereocenters. The number of aromatic nitrogens is 2. The van der Waals surface area contributed by atoms with Crippen molar-refractivity contribution in [3.63, 3.8) is 0 Å². The fraction of sp³-hybridized carbons (Fsp3) is 0.200. The highest BCUT2D eigenvalue weighted by atomic mass is 19.1. The number of nitrogens with zero attached hydrogens (tertiary/aromatic N) is 2. The number of benzene rings is 2. The monoisotopic (exact) mass is 353 g/mol. The first-order chi connectivity index (χ1) is 12.6. The summed E-state index contributed by atoms with van der Waals surface area (Å²) in [5.74, 6) is 0.185. The molecule has 0 aliphatic carbocycles. The van der Waals surface area contributed by atoms with E-state index in [9.17, 15) is 9.18 Å². The average molecular weight is 353 g/mol. The van der Waals surface area contributed by atoms with Crippen molar-refractivity contribution in [1.29, 1.82) is 0 Å². The van der Waals surface area contributed by atoms with Crippen LogP contribution in [0.4, 0.5) is 4.39 Å². The van der Waals surface area contributed by atoms with Crippen LogP contribution in [0, 0.1) is 5.82 Å². The molecule has 0 bridgehead atoms. The van der Waals surface area contributed by atoms with E-state index in [0.717, 1.165) is 17.7 Å². The Labute approximate surface area is 151 Å². The molecule has 1 aromatic heterocycles. The summed E-state index contributed by atoms with van der Waals surface area (Å²) < 4.78 is 20.0. The molecule has 0 saturated heterocycles. The van der Waals surface area contributed by atoms with Crippen molar-refractivity contribution in [2.24, 2.45) is 0 Å². The number of rotatable bonds is 6. The summed E-state index contributed by atoms with van der Waals surface area (Å²) in [6, 6.07) is 15.0. The van der Waals surface area contributed by atoms with Gasteiger partial charge in [-0.15, -0.1) is 0 Å². The number of methoxy groups -OCH3 is 1. The average Bonchev–Trinajstić information content (AvgIpc) is 3.12. The van der Waals surface area contributed by atoms with Crippen LogP contribution >= 0.6 is 0 Å². The van der Waals surface area contributed by atoms with Crippen LogP contribution in [0.5, 0.6) is 5.75 Å². The minimum Gasteiger partial charge on any atom is -0.497 e. The number of ether oxygens (including phenoxy) is 1. The van der Waals surface area contributed by atoms with Crippen LogP contribution in [0.1, 0.15) is 23.8 Å². The quantitative estimate of drug-likeness (QED) is 0.733. The molecule has 0 fully saturated rings. The van der Waals surface area contributed by atoms with E-state index in [2.05, 4.69) is 10.4 Å². The van der Waals surface area contributed by atoms with Gasteiger partial charge < -0.3 is 10.1 Å². The number of nitrogens with one attached hydrogen (secondary N) is 1. The fourth-order valence-electron chi connectivity index (χ4n) is 2.55. The van der Waals surface area contributed by atoms with Gasteiger partial charge in [-0.3, -0.25) is 4.79 Å². The highest BCUT2D eigenvalue weighted by Gasteiger charge is 2.17. The van der Waals surface area contributed by atoms with Crippen molar-refractivity contribution < 1.29 is 13.9 Å². The molecule has 134 valence electrons. The van der Waals surface area contributed by atoms with Crippen LogP contribution in [0.25, 0.3) is 16.9 Å². The molecule has 0 aliphatic rings. The van der Waals surface area contributed by atoms with Gasteiger partial charge in [-0.1, -0.05) is 6.92 Å². The smallest absolute Gasteiger partial charge is 0.270 e. The lowest BCUT2D eigenvalue weighted by atomic mass is 10.1. The van der Waals surface area contributed by atoms with Gasteiger partial charge in [0.2, 0.25) is 0 Å². The summed E-state index contributed by atoms with van der Waals surface area (Å²) in [4.78, 5) is 12.5. The van der Waals surface area contributed by atoms with Gasteiger partial charge in [0.25, 0.3) is 5.91 Å². The molecule has 0 radical (unpaired) electrons. The second-order valence-corrected chi connectivity index (χ2v) is 5.79. The van der Waals surface area contributed by atoms with Gasteiger partial charge in [-0.2, -0.15) is 5.10 Å². The standard InChI is InChI=1S/C20H20FN3O2/c1-3-12-22-20(25)19-13-18(14-4-10-17(26-2)11-5-14)23-24(19)16-8-6-15(21)7-9-16/h4-11,13H,3,12H2,1-2H3,(H,22,25). The highest BCUT2D eigenvalue weighted by Crippen LogP contribution is 2.24. The molecule has 0 saturated carbocycles. The van der Waals surface area contributed by atoms with Gasteiger partial charge in [-0.25, -0.2) is 9.07 Å². The van der Waals surface area contributed by atoms with Crippen molar-refractivity contribution in [2.75, 3.05) is 13.7 Å². The van der Waals surface area contributed by atoms with E-state index in [1.165, 1.54) is 16.8 Å². The summed E-state index contributed by atoms with van der Waals surface area (Å²) in [5, 5.41) is 7.42. The Morgan fingerprint density at radius 2 is 1.85 bits per heavy atom. The number of amides is 1. The Hall–Kier alpha value is -3.15. The zero-order chi connectivity index (χ0) is 18.5. The molecule has 6 heteroatoms. The predicted octanol–water partition coefficient (Wildman–Crippen LogP) is 3.83. The van der Waals surface area contributed by atoms with E-state index in [4.69, 9.17) is 4.74 Å². The summed E-state index contributed by atoms with van der Waals surface area (Å²) in [6.45, 7) is 2.56. The van der Waals surface area contributed by atoms with E-state index in [0.29, 0.717) is 23.6 Å². The lowest BCUT2D eigenvalue weighted by Gasteiger charge is -2.07. The Kier molecular flexibility index (Phi) is 5.31. The number of hydrogen-bond acceptors (Lipinski definition) is 3. The molecule has 5 nitrogen and oxygen atoms in total.